The van der Waals surface area contributed by atoms with E-state index in [4.69, 9.17) is 0 Å². The molecule has 0 unspecified atom stereocenters. The minimum absolute atomic E-state index is 0.262. The van der Waals surface area contributed by atoms with E-state index in [9.17, 15) is 8.42 Å². The number of thioether (sulfide) groups is 1. The Balaban J connectivity index is 2.40. The van der Waals surface area contributed by atoms with Crippen molar-refractivity contribution in [1.29, 1.82) is 0 Å². The maximum atomic E-state index is 12.0. The van der Waals surface area contributed by atoms with Gasteiger partial charge in [0.2, 0.25) is 0 Å². The van der Waals surface area contributed by atoms with E-state index in [0.717, 1.165) is 17.7 Å². The maximum absolute atomic E-state index is 12.0. The third-order valence-corrected chi connectivity index (χ3v) is 4.81. The van der Waals surface area contributed by atoms with Gasteiger partial charge in [-0.1, -0.05) is 24.8 Å². The summed E-state index contributed by atoms with van der Waals surface area (Å²) < 4.78 is 27.7. The lowest BCUT2D eigenvalue weighted by molar-refractivity contribution is 0.598. The van der Waals surface area contributed by atoms with Crippen LogP contribution in [-0.4, -0.2) is 19.3 Å². The van der Waals surface area contributed by atoms with Crippen LogP contribution in [-0.2, 0) is 10.0 Å². The molecular weight excluding hydrogens is 256 g/mol. The highest BCUT2D eigenvalue weighted by Gasteiger charge is 2.24. The second-order valence-electron chi connectivity index (χ2n) is 3.84. The first-order valence-corrected chi connectivity index (χ1v) is 7.81. The quantitative estimate of drug-likeness (QED) is 0.897. The Bertz CT molecular complexity index is 565. The van der Waals surface area contributed by atoms with Crippen LogP contribution in [0.1, 0.15) is 18.9 Å². The lowest BCUT2D eigenvalue weighted by atomic mass is 10.2. The van der Waals surface area contributed by atoms with Gasteiger partial charge in [0.05, 0.1) is 5.69 Å². The Morgan fingerprint density at radius 2 is 2.18 bits per heavy atom. The minimum Gasteiger partial charge on any atom is -0.333 e. The number of sulfonamides is 1. The average molecular weight is 270 g/mol. The van der Waals surface area contributed by atoms with E-state index < -0.39 is 10.0 Å². The number of aryl methyl sites for hydroxylation is 1. The van der Waals surface area contributed by atoms with Gasteiger partial charge in [0.15, 0.2) is 5.17 Å². The number of fused-ring (bicyclic) bond motifs is 1. The first kappa shape index (κ1) is 12.4. The van der Waals surface area contributed by atoms with Gasteiger partial charge in [-0.05, 0) is 31.0 Å². The van der Waals surface area contributed by atoms with Crippen molar-refractivity contribution in [3.63, 3.8) is 0 Å². The molecule has 0 bridgehead atoms. The van der Waals surface area contributed by atoms with Crippen LogP contribution in [0.25, 0.3) is 0 Å². The van der Waals surface area contributed by atoms with Crippen LogP contribution in [0.5, 0.6) is 0 Å². The molecule has 0 spiro atoms. The van der Waals surface area contributed by atoms with Gasteiger partial charge >= 0.3 is 0 Å². The fraction of sp³-hybridized carbons (Fsp3) is 0.364. The molecule has 4 nitrogen and oxygen atoms in total. The van der Waals surface area contributed by atoms with Crippen molar-refractivity contribution >= 4 is 32.6 Å². The normalized spacial score (nSPS) is 16.9. The van der Waals surface area contributed by atoms with Crippen LogP contribution in [0.2, 0.25) is 0 Å². The number of anilines is 1. The predicted octanol–water partition coefficient (Wildman–Crippen LogP) is 2.61. The zero-order valence-electron chi connectivity index (χ0n) is 9.73. The van der Waals surface area contributed by atoms with Crippen LogP contribution < -0.4 is 5.32 Å². The number of nitrogens with zero attached hydrogens (tertiary/aromatic N) is 1. The molecule has 1 N–H and O–H groups in total. The van der Waals surface area contributed by atoms with Crippen molar-refractivity contribution in [2.75, 3.05) is 11.1 Å². The van der Waals surface area contributed by atoms with E-state index in [-0.39, 0.29) is 4.90 Å². The summed E-state index contributed by atoms with van der Waals surface area (Å²) in [4.78, 5) is 0.262. The topological polar surface area (TPSA) is 58.5 Å². The number of hydrogen-bond donors (Lipinski definition) is 1. The molecule has 1 aromatic carbocycles. The molecule has 0 aromatic heterocycles. The lowest BCUT2D eigenvalue weighted by Crippen LogP contribution is -2.19. The molecule has 0 saturated heterocycles. The third kappa shape index (κ3) is 2.63. The molecular formula is C11H14N2O2S2. The molecule has 1 aliphatic heterocycles. The Kier molecular flexibility index (Phi) is 3.44. The van der Waals surface area contributed by atoms with E-state index in [0.29, 0.717) is 10.9 Å². The van der Waals surface area contributed by atoms with Crippen molar-refractivity contribution in [3.05, 3.63) is 23.8 Å². The first-order valence-electron chi connectivity index (χ1n) is 5.38. The maximum Gasteiger partial charge on any atom is 0.286 e. The summed E-state index contributed by atoms with van der Waals surface area (Å²) in [7, 11) is -3.54. The van der Waals surface area contributed by atoms with Gasteiger partial charge in [0.25, 0.3) is 10.0 Å². The Labute approximate surface area is 106 Å². The largest absolute Gasteiger partial charge is 0.333 e. The summed E-state index contributed by atoms with van der Waals surface area (Å²) in [6.07, 6.45) is 0.978. The fourth-order valence-corrected chi connectivity index (χ4v) is 3.68. The van der Waals surface area contributed by atoms with E-state index in [1.54, 1.807) is 12.1 Å². The number of amidine groups is 1. The van der Waals surface area contributed by atoms with Gasteiger partial charge in [-0.25, -0.2) is 0 Å². The summed E-state index contributed by atoms with van der Waals surface area (Å²) in [6, 6.07) is 5.31. The van der Waals surface area contributed by atoms with Gasteiger partial charge in [-0.15, -0.1) is 4.40 Å². The SMILES string of the molecule is CCCSC1=NS(=O)(=O)c2cc(C)ccc2N1. The molecule has 0 atom stereocenters. The summed E-state index contributed by atoms with van der Waals surface area (Å²) in [5.41, 5.74) is 1.53. The van der Waals surface area contributed by atoms with Crippen molar-refractivity contribution < 1.29 is 8.42 Å². The average Bonchev–Trinajstić information content (AvgIpc) is 2.27. The van der Waals surface area contributed by atoms with E-state index in [1.165, 1.54) is 11.8 Å². The van der Waals surface area contributed by atoms with Gasteiger partial charge in [0, 0.05) is 5.75 Å². The fourth-order valence-electron chi connectivity index (χ4n) is 1.50. The van der Waals surface area contributed by atoms with Crippen LogP contribution in [0.3, 0.4) is 0 Å². The summed E-state index contributed by atoms with van der Waals surface area (Å²) in [5, 5.41) is 3.51. The lowest BCUT2D eigenvalue weighted by Gasteiger charge is -2.17. The van der Waals surface area contributed by atoms with E-state index >= 15 is 0 Å². The molecule has 92 valence electrons. The van der Waals surface area contributed by atoms with Crippen LogP contribution in [0, 0.1) is 6.92 Å². The summed E-state index contributed by atoms with van der Waals surface area (Å²) in [5.74, 6) is 0.850. The molecule has 1 aliphatic rings. The van der Waals surface area contributed by atoms with E-state index in [2.05, 4.69) is 9.71 Å². The van der Waals surface area contributed by atoms with Gasteiger partial charge in [-0.2, -0.15) is 8.42 Å². The molecule has 17 heavy (non-hydrogen) atoms. The Hall–Kier alpha value is -1.01. The molecule has 2 rings (SSSR count). The van der Waals surface area contributed by atoms with Crippen molar-refractivity contribution in [3.8, 4) is 0 Å². The molecule has 0 aliphatic carbocycles. The highest BCUT2D eigenvalue weighted by Crippen LogP contribution is 2.30. The molecule has 0 amide bonds. The number of hydrogen-bond acceptors (Lipinski definition) is 4. The van der Waals surface area contributed by atoms with Crippen molar-refractivity contribution in [1.82, 2.24) is 0 Å². The highest BCUT2D eigenvalue weighted by atomic mass is 32.2. The van der Waals surface area contributed by atoms with E-state index in [1.807, 2.05) is 19.9 Å². The third-order valence-electron chi connectivity index (χ3n) is 2.30. The second kappa shape index (κ2) is 4.70. The summed E-state index contributed by atoms with van der Waals surface area (Å²) in [6.45, 7) is 3.91. The van der Waals surface area contributed by atoms with Crippen LogP contribution in [0.4, 0.5) is 5.69 Å². The molecule has 0 radical (unpaired) electrons. The molecule has 0 saturated carbocycles. The van der Waals surface area contributed by atoms with Crippen molar-refractivity contribution in [2.45, 2.75) is 25.2 Å². The first-order chi connectivity index (χ1) is 8.03. The van der Waals surface area contributed by atoms with Gasteiger partial charge in [0.1, 0.15) is 4.90 Å². The summed E-state index contributed by atoms with van der Waals surface area (Å²) >= 11 is 1.43. The number of nitrogens with one attached hydrogen (secondary N) is 1. The zero-order valence-corrected chi connectivity index (χ0v) is 11.4. The molecule has 0 fully saturated rings. The van der Waals surface area contributed by atoms with Crippen LogP contribution in [0.15, 0.2) is 27.5 Å². The smallest absolute Gasteiger partial charge is 0.286 e. The highest BCUT2D eigenvalue weighted by molar-refractivity contribution is 8.14. The van der Waals surface area contributed by atoms with Gasteiger partial charge < -0.3 is 5.32 Å². The Morgan fingerprint density at radius 1 is 1.41 bits per heavy atom. The number of benzene rings is 1. The van der Waals surface area contributed by atoms with Gasteiger partial charge in [-0.3, -0.25) is 0 Å². The second-order valence-corrected chi connectivity index (χ2v) is 6.50. The van der Waals surface area contributed by atoms with Crippen molar-refractivity contribution in [2.24, 2.45) is 4.40 Å². The predicted molar refractivity (Wildman–Crippen MR) is 72.2 cm³/mol. The van der Waals surface area contributed by atoms with Crippen LogP contribution >= 0.6 is 11.8 Å². The Morgan fingerprint density at radius 3 is 2.88 bits per heavy atom. The molecule has 6 heteroatoms. The zero-order chi connectivity index (χ0) is 12.5. The standard InChI is InChI=1S/C11H14N2O2S2/c1-3-6-16-11-12-9-5-4-8(2)7-10(9)17(14,15)13-11/h4-5,7H,3,6H2,1-2H3,(H,12,13). The number of rotatable bonds is 2. The molecule has 1 heterocycles. The molecule has 1 aromatic rings. The monoisotopic (exact) mass is 270 g/mol. The minimum atomic E-state index is -3.54.